The SMILES string of the molecule is NC(=O)Nc1cccc(C(=O)O[C@@H](C(=O)Nc2ccc(F)cc2)c2ccccc2)c1. The number of nitrogens with one attached hydrogen (secondary N) is 2. The van der Waals surface area contributed by atoms with Crippen LogP contribution in [0.15, 0.2) is 78.9 Å². The summed E-state index contributed by atoms with van der Waals surface area (Å²) in [4.78, 5) is 36.5. The minimum absolute atomic E-state index is 0.122. The second-order valence-electron chi connectivity index (χ2n) is 6.26. The molecule has 8 heteroatoms. The van der Waals surface area contributed by atoms with E-state index >= 15 is 0 Å². The highest BCUT2D eigenvalue weighted by molar-refractivity contribution is 5.98. The zero-order valence-corrected chi connectivity index (χ0v) is 15.7. The number of benzene rings is 3. The lowest BCUT2D eigenvalue weighted by Gasteiger charge is -2.18. The molecule has 0 heterocycles. The highest BCUT2D eigenvalue weighted by atomic mass is 19.1. The summed E-state index contributed by atoms with van der Waals surface area (Å²) in [6, 6.07) is 18.9. The number of amides is 3. The molecule has 1 atom stereocenters. The van der Waals surface area contributed by atoms with Crippen molar-refractivity contribution in [2.75, 3.05) is 10.6 Å². The van der Waals surface area contributed by atoms with Crippen LogP contribution in [0, 0.1) is 5.82 Å². The van der Waals surface area contributed by atoms with Gasteiger partial charge in [0.15, 0.2) is 0 Å². The Balaban J connectivity index is 1.82. The maximum atomic E-state index is 13.1. The Morgan fingerprint density at radius 1 is 0.833 bits per heavy atom. The lowest BCUT2D eigenvalue weighted by molar-refractivity contribution is -0.125. The maximum Gasteiger partial charge on any atom is 0.339 e. The van der Waals surface area contributed by atoms with Crippen molar-refractivity contribution in [1.29, 1.82) is 0 Å². The molecule has 0 aromatic heterocycles. The summed E-state index contributed by atoms with van der Waals surface area (Å²) >= 11 is 0. The molecular weight excluding hydrogens is 389 g/mol. The number of hydrogen-bond acceptors (Lipinski definition) is 4. The Hall–Kier alpha value is -4.20. The van der Waals surface area contributed by atoms with E-state index in [0.717, 1.165) is 0 Å². The number of nitrogens with two attached hydrogens (primary N) is 1. The molecule has 4 N–H and O–H groups in total. The van der Waals surface area contributed by atoms with Crippen molar-refractivity contribution in [3.05, 3.63) is 95.8 Å². The third-order valence-electron chi connectivity index (χ3n) is 4.04. The molecule has 3 amide bonds. The largest absolute Gasteiger partial charge is 0.444 e. The number of anilines is 2. The van der Waals surface area contributed by atoms with Crippen molar-refractivity contribution in [3.8, 4) is 0 Å². The Morgan fingerprint density at radius 3 is 2.20 bits per heavy atom. The topological polar surface area (TPSA) is 111 Å². The summed E-state index contributed by atoms with van der Waals surface area (Å²) in [5.41, 5.74) is 6.33. The molecule has 0 aliphatic rings. The van der Waals surface area contributed by atoms with Crippen molar-refractivity contribution in [2.45, 2.75) is 6.10 Å². The minimum atomic E-state index is -1.25. The lowest BCUT2D eigenvalue weighted by atomic mass is 10.1. The molecule has 3 aromatic rings. The van der Waals surface area contributed by atoms with Gasteiger partial charge in [-0.15, -0.1) is 0 Å². The van der Waals surface area contributed by atoms with Crippen LogP contribution >= 0.6 is 0 Å². The van der Waals surface area contributed by atoms with Gasteiger partial charge in [-0.3, -0.25) is 4.79 Å². The van der Waals surface area contributed by atoms with Crippen LogP contribution in [-0.4, -0.2) is 17.9 Å². The van der Waals surface area contributed by atoms with E-state index in [1.165, 1.54) is 42.5 Å². The number of hydrogen-bond donors (Lipinski definition) is 3. The van der Waals surface area contributed by atoms with Crippen LogP contribution in [0.2, 0.25) is 0 Å². The van der Waals surface area contributed by atoms with E-state index < -0.39 is 29.8 Å². The van der Waals surface area contributed by atoms with Crippen LogP contribution in [0.4, 0.5) is 20.6 Å². The van der Waals surface area contributed by atoms with Crippen molar-refractivity contribution in [1.82, 2.24) is 0 Å². The standard InChI is InChI=1S/C22H18FN3O4/c23-16-9-11-17(12-10-16)25-20(27)19(14-5-2-1-3-6-14)30-21(28)15-7-4-8-18(13-15)26-22(24)29/h1-13,19H,(H,25,27)(H3,24,26,29)/t19-/m1/s1. The van der Waals surface area contributed by atoms with Crippen LogP contribution in [-0.2, 0) is 9.53 Å². The number of esters is 1. The molecule has 0 spiro atoms. The maximum absolute atomic E-state index is 13.1. The van der Waals surface area contributed by atoms with E-state index in [1.807, 2.05) is 0 Å². The molecule has 152 valence electrons. The Labute approximate surface area is 171 Å². The van der Waals surface area contributed by atoms with Gasteiger partial charge in [-0.05, 0) is 42.5 Å². The van der Waals surface area contributed by atoms with E-state index in [0.29, 0.717) is 16.9 Å². The molecule has 0 unspecified atom stereocenters. The summed E-state index contributed by atoms with van der Waals surface area (Å²) in [5, 5.41) is 4.97. The summed E-state index contributed by atoms with van der Waals surface area (Å²) in [6.45, 7) is 0. The van der Waals surface area contributed by atoms with Crippen molar-refractivity contribution >= 4 is 29.3 Å². The van der Waals surface area contributed by atoms with Crippen LogP contribution in [0.25, 0.3) is 0 Å². The third kappa shape index (κ3) is 5.41. The van der Waals surface area contributed by atoms with Crippen LogP contribution in [0.1, 0.15) is 22.0 Å². The first-order valence-corrected chi connectivity index (χ1v) is 8.91. The van der Waals surface area contributed by atoms with Gasteiger partial charge in [0.2, 0.25) is 6.10 Å². The minimum Gasteiger partial charge on any atom is -0.444 e. The van der Waals surface area contributed by atoms with E-state index in [2.05, 4.69) is 10.6 Å². The number of carbonyl (C=O) groups is 3. The van der Waals surface area contributed by atoms with Crippen LogP contribution in [0.5, 0.6) is 0 Å². The Kier molecular flexibility index (Phi) is 6.39. The highest BCUT2D eigenvalue weighted by Crippen LogP contribution is 2.23. The Bertz CT molecular complexity index is 1060. The van der Waals surface area contributed by atoms with Gasteiger partial charge in [0.1, 0.15) is 5.82 Å². The normalized spacial score (nSPS) is 11.2. The first-order chi connectivity index (χ1) is 14.4. The van der Waals surface area contributed by atoms with Crippen LogP contribution < -0.4 is 16.4 Å². The van der Waals surface area contributed by atoms with E-state index in [-0.39, 0.29) is 5.56 Å². The molecule has 0 aliphatic carbocycles. The van der Waals surface area contributed by atoms with Gasteiger partial charge in [-0.1, -0.05) is 36.4 Å². The molecule has 0 aliphatic heterocycles. The lowest BCUT2D eigenvalue weighted by Crippen LogP contribution is -2.26. The average molecular weight is 407 g/mol. The molecule has 3 rings (SSSR count). The summed E-state index contributed by atoms with van der Waals surface area (Å²) < 4.78 is 18.6. The molecule has 0 saturated carbocycles. The van der Waals surface area contributed by atoms with Gasteiger partial charge in [0, 0.05) is 16.9 Å². The smallest absolute Gasteiger partial charge is 0.339 e. The number of ether oxygens (including phenoxy) is 1. The van der Waals surface area contributed by atoms with E-state index in [1.54, 1.807) is 36.4 Å². The fourth-order valence-electron chi connectivity index (χ4n) is 2.68. The molecule has 3 aromatic carbocycles. The molecule has 0 fully saturated rings. The number of carbonyl (C=O) groups excluding carboxylic acids is 3. The predicted octanol–water partition coefficient (Wildman–Crippen LogP) is 3.85. The zero-order chi connectivity index (χ0) is 21.5. The molecule has 7 nitrogen and oxygen atoms in total. The van der Waals surface area contributed by atoms with Gasteiger partial charge in [0.25, 0.3) is 5.91 Å². The molecule has 0 saturated heterocycles. The summed E-state index contributed by atoms with van der Waals surface area (Å²) in [5.74, 6) is -1.82. The number of halogens is 1. The average Bonchev–Trinajstić information content (AvgIpc) is 2.73. The molecule has 0 bridgehead atoms. The summed E-state index contributed by atoms with van der Waals surface area (Å²) in [7, 11) is 0. The second-order valence-corrected chi connectivity index (χ2v) is 6.26. The van der Waals surface area contributed by atoms with Gasteiger partial charge < -0.3 is 21.1 Å². The molecular formula is C22H18FN3O4. The van der Waals surface area contributed by atoms with Crippen molar-refractivity contribution in [2.24, 2.45) is 5.73 Å². The number of primary amides is 1. The van der Waals surface area contributed by atoms with Gasteiger partial charge >= 0.3 is 12.0 Å². The first-order valence-electron chi connectivity index (χ1n) is 8.91. The van der Waals surface area contributed by atoms with Crippen LogP contribution in [0.3, 0.4) is 0 Å². The van der Waals surface area contributed by atoms with Gasteiger partial charge in [-0.2, -0.15) is 0 Å². The fourth-order valence-corrected chi connectivity index (χ4v) is 2.68. The zero-order valence-electron chi connectivity index (χ0n) is 15.7. The predicted molar refractivity (Wildman–Crippen MR) is 109 cm³/mol. The molecule has 0 radical (unpaired) electrons. The Morgan fingerprint density at radius 2 is 1.53 bits per heavy atom. The number of rotatable bonds is 6. The van der Waals surface area contributed by atoms with Gasteiger partial charge in [-0.25, -0.2) is 14.0 Å². The van der Waals surface area contributed by atoms with E-state index in [9.17, 15) is 18.8 Å². The summed E-state index contributed by atoms with van der Waals surface area (Å²) in [6.07, 6.45) is -1.25. The van der Waals surface area contributed by atoms with E-state index in [4.69, 9.17) is 10.5 Å². The van der Waals surface area contributed by atoms with Crippen molar-refractivity contribution in [3.63, 3.8) is 0 Å². The number of urea groups is 1. The quantitative estimate of drug-likeness (QED) is 0.539. The fraction of sp³-hybridized carbons (Fsp3) is 0.0455. The monoisotopic (exact) mass is 407 g/mol. The van der Waals surface area contributed by atoms with Crippen molar-refractivity contribution < 1.29 is 23.5 Å². The first kappa shape index (κ1) is 20.5. The highest BCUT2D eigenvalue weighted by Gasteiger charge is 2.26. The second kappa shape index (κ2) is 9.33. The van der Waals surface area contributed by atoms with Gasteiger partial charge in [0.05, 0.1) is 5.56 Å². The third-order valence-corrected chi connectivity index (χ3v) is 4.04. The molecule has 30 heavy (non-hydrogen) atoms.